The van der Waals surface area contributed by atoms with Crippen LogP contribution in [0.5, 0.6) is 0 Å². The summed E-state index contributed by atoms with van der Waals surface area (Å²) >= 11 is 0. The number of halogens is 1. The van der Waals surface area contributed by atoms with Gasteiger partial charge in [0.15, 0.2) is 5.82 Å². The van der Waals surface area contributed by atoms with Gasteiger partial charge in [-0.3, -0.25) is 4.79 Å². The van der Waals surface area contributed by atoms with Crippen molar-refractivity contribution >= 4 is 29.0 Å². The molecule has 5 nitrogen and oxygen atoms in total. The number of rotatable bonds is 2. The molecule has 0 spiro atoms. The fourth-order valence-corrected chi connectivity index (χ4v) is 4.20. The molecule has 1 atom stereocenters. The lowest BCUT2D eigenvalue weighted by Gasteiger charge is -2.33. The summed E-state index contributed by atoms with van der Waals surface area (Å²) in [6, 6.07) is 8.32. The Morgan fingerprint density at radius 3 is 2.44 bits per heavy atom. The summed E-state index contributed by atoms with van der Waals surface area (Å²) in [7, 11) is 0. The minimum Gasteiger partial charge on any atom is -0.353 e. The first-order valence-electron chi connectivity index (χ1n) is 9.26. The predicted molar refractivity (Wildman–Crippen MR) is 105 cm³/mol. The van der Waals surface area contributed by atoms with Crippen molar-refractivity contribution in [3.63, 3.8) is 0 Å². The Balaban J connectivity index is 0.00000182. The van der Waals surface area contributed by atoms with E-state index < -0.39 is 0 Å². The Morgan fingerprint density at radius 2 is 1.72 bits per heavy atom. The van der Waals surface area contributed by atoms with Crippen molar-refractivity contribution in [1.29, 1.82) is 0 Å². The van der Waals surface area contributed by atoms with E-state index in [1.807, 2.05) is 24.3 Å². The van der Waals surface area contributed by atoms with E-state index in [2.05, 4.69) is 4.90 Å². The molecule has 2 N–H and O–H groups in total. The third-order valence-electron chi connectivity index (χ3n) is 5.49. The first-order valence-corrected chi connectivity index (χ1v) is 9.26. The number of fused-ring (bicyclic) bond motifs is 1. The van der Waals surface area contributed by atoms with Gasteiger partial charge in [0.05, 0.1) is 11.4 Å². The van der Waals surface area contributed by atoms with Gasteiger partial charge in [0, 0.05) is 24.5 Å². The van der Waals surface area contributed by atoms with Crippen LogP contribution >= 0.6 is 12.4 Å². The molecule has 1 aliphatic heterocycles. The van der Waals surface area contributed by atoms with E-state index in [9.17, 15) is 4.79 Å². The molecular weight excluding hydrogens is 336 g/mol. The van der Waals surface area contributed by atoms with Crippen LogP contribution in [0, 0.1) is 0 Å². The van der Waals surface area contributed by atoms with E-state index in [0.717, 1.165) is 55.4 Å². The largest absolute Gasteiger partial charge is 0.353 e. The zero-order valence-electron chi connectivity index (χ0n) is 14.6. The molecule has 0 radical (unpaired) electrons. The van der Waals surface area contributed by atoms with E-state index in [-0.39, 0.29) is 30.0 Å². The van der Waals surface area contributed by atoms with Crippen molar-refractivity contribution in [2.75, 3.05) is 18.0 Å². The zero-order chi connectivity index (χ0) is 16.5. The topological polar surface area (TPSA) is 64.2 Å². The Labute approximate surface area is 154 Å². The molecule has 1 saturated heterocycles. The van der Waals surface area contributed by atoms with Crippen LogP contribution in [-0.2, 0) is 0 Å². The first-order chi connectivity index (χ1) is 11.7. The molecule has 6 heteroatoms. The fourth-order valence-electron chi connectivity index (χ4n) is 4.20. The van der Waals surface area contributed by atoms with Gasteiger partial charge in [-0.1, -0.05) is 37.5 Å². The second-order valence-electron chi connectivity index (χ2n) is 7.26. The molecule has 0 amide bonds. The maximum Gasteiger partial charge on any atom is 0.275 e. The number of hydrogen-bond acceptors (Lipinski definition) is 4. The lowest BCUT2D eigenvalue weighted by atomic mass is 9.95. The molecule has 2 aliphatic rings. The molecule has 1 aromatic carbocycles. The Hall–Kier alpha value is -1.59. The highest BCUT2D eigenvalue weighted by atomic mass is 35.5. The van der Waals surface area contributed by atoms with Crippen molar-refractivity contribution in [2.24, 2.45) is 5.73 Å². The van der Waals surface area contributed by atoms with E-state index >= 15 is 0 Å². The molecule has 136 valence electrons. The molecule has 1 saturated carbocycles. The summed E-state index contributed by atoms with van der Waals surface area (Å²) in [4.78, 5) is 15.3. The van der Waals surface area contributed by atoms with Crippen LogP contribution in [0.3, 0.4) is 0 Å². The minimum absolute atomic E-state index is 0. The summed E-state index contributed by atoms with van der Waals surface area (Å²) in [5.41, 5.74) is 6.24. The van der Waals surface area contributed by atoms with Crippen molar-refractivity contribution in [1.82, 2.24) is 9.78 Å². The average molecular weight is 363 g/mol. The summed E-state index contributed by atoms with van der Waals surface area (Å²) in [6.07, 6.45) is 7.92. The number of nitrogens with zero attached hydrogens (tertiary/aromatic N) is 3. The Bertz CT molecular complexity index is 785. The maximum absolute atomic E-state index is 13.0. The number of anilines is 1. The molecule has 1 aliphatic carbocycles. The van der Waals surface area contributed by atoms with Crippen LogP contribution in [0.1, 0.15) is 51.0 Å². The molecule has 0 bridgehead atoms. The number of hydrogen-bond donors (Lipinski definition) is 1. The Morgan fingerprint density at radius 1 is 1.00 bits per heavy atom. The molecule has 25 heavy (non-hydrogen) atoms. The summed E-state index contributed by atoms with van der Waals surface area (Å²) in [5, 5.41) is 6.60. The average Bonchev–Trinajstić information content (AvgIpc) is 2.63. The third-order valence-corrected chi connectivity index (χ3v) is 5.49. The monoisotopic (exact) mass is 362 g/mol. The number of aromatic nitrogens is 2. The van der Waals surface area contributed by atoms with Gasteiger partial charge in [-0.25, -0.2) is 4.68 Å². The van der Waals surface area contributed by atoms with Crippen LogP contribution in [0.15, 0.2) is 29.1 Å². The lowest BCUT2D eigenvalue weighted by molar-refractivity contribution is 0.319. The Kier molecular flexibility index (Phi) is 5.64. The van der Waals surface area contributed by atoms with Crippen LogP contribution in [-0.4, -0.2) is 28.9 Å². The molecule has 0 unspecified atom stereocenters. The normalized spacial score (nSPS) is 22.0. The van der Waals surface area contributed by atoms with Gasteiger partial charge in [0.2, 0.25) is 0 Å². The zero-order valence-corrected chi connectivity index (χ0v) is 15.4. The summed E-state index contributed by atoms with van der Waals surface area (Å²) in [5.74, 6) is 0.936. The molecular formula is C19H27ClN4O. The summed E-state index contributed by atoms with van der Waals surface area (Å²) < 4.78 is 1.77. The van der Waals surface area contributed by atoms with Gasteiger partial charge < -0.3 is 10.6 Å². The van der Waals surface area contributed by atoms with Gasteiger partial charge >= 0.3 is 0 Å². The SMILES string of the molecule is Cl.N[C@H]1CCCN(c2nn(C3CCCCC3)c(=O)c3ccccc23)C1. The van der Waals surface area contributed by atoms with Crippen LogP contribution < -0.4 is 16.2 Å². The highest BCUT2D eigenvalue weighted by Crippen LogP contribution is 2.30. The standard InChI is InChI=1S/C19H26N4O.ClH/c20-14-7-6-12-22(13-14)18-16-10-4-5-11-17(16)19(24)23(21-18)15-8-2-1-3-9-15;/h4-5,10-11,14-15H,1-3,6-9,12-13,20H2;1H/t14-;/m0./s1. The van der Waals surface area contributed by atoms with Crippen molar-refractivity contribution < 1.29 is 0 Å². The van der Waals surface area contributed by atoms with Crippen LogP contribution in [0.2, 0.25) is 0 Å². The molecule has 2 fully saturated rings. The van der Waals surface area contributed by atoms with Crippen molar-refractivity contribution in [2.45, 2.75) is 57.0 Å². The highest BCUT2D eigenvalue weighted by molar-refractivity contribution is 5.91. The number of nitrogens with two attached hydrogens (primary N) is 1. The molecule has 2 aromatic rings. The minimum atomic E-state index is 0. The van der Waals surface area contributed by atoms with Gasteiger partial charge in [-0.15, -0.1) is 12.4 Å². The predicted octanol–water partition coefficient (Wildman–Crippen LogP) is 3.25. The molecule has 1 aromatic heterocycles. The third kappa shape index (κ3) is 3.53. The van der Waals surface area contributed by atoms with Crippen LogP contribution in [0.25, 0.3) is 10.8 Å². The summed E-state index contributed by atoms with van der Waals surface area (Å²) in [6.45, 7) is 1.79. The van der Waals surface area contributed by atoms with Crippen LogP contribution in [0.4, 0.5) is 5.82 Å². The maximum atomic E-state index is 13.0. The number of piperidine rings is 1. The lowest BCUT2D eigenvalue weighted by Crippen LogP contribution is -2.44. The van der Waals surface area contributed by atoms with Gasteiger partial charge in [0.1, 0.15) is 0 Å². The second kappa shape index (κ2) is 7.75. The van der Waals surface area contributed by atoms with Crippen molar-refractivity contribution in [3.05, 3.63) is 34.6 Å². The number of benzene rings is 1. The van der Waals surface area contributed by atoms with Gasteiger partial charge in [-0.05, 0) is 31.7 Å². The van der Waals surface area contributed by atoms with E-state index in [4.69, 9.17) is 10.8 Å². The first kappa shape index (κ1) is 18.2. The van der Waals surface area contributed by atoms with Gasteiger partial charge in [0.25, 0.3) is 5.56 Å². The second-order valence-corrected chi connectivity index (χ2v) is 7.26. The highest BCUT2D eigenvalue weighted by Gasteiger charge is 2.24. The smallest absolute Gasteiger partial charge is 0.275 e. The molecule has 2 heterocycles. The van der Waals surface area contributed by atoms with E-state index in [1.165, 1.54) is 19.3 Å². The molecule has 4 rings (SSSR count). The van der Waals surface area contributed by atoms with E-state index in [1.54, 1.807) is 4.68 Å². The fraction of sp³-hybridized carbons (Fsp3) is 0.579. The van der Waals surface area contributed by atoms with Gasteiger partial charge in [-0.2, -0.15) is 5.10 Å². The van der Waals surface area contributed by atoms with Crippen molar-refractivity contribution in [3.8, 4) is 0 Å². The quantitative estimate of drug-likeness (QED) is 0.890. The van der Waals surface area contributed by atoms with E-state index in [0.29, 0.717) is 0 Å².